The van der Waals surface area contributed by atoms with E-state index in [1.807, 2.05) is 60.0 Å². The zero-order chi connectivity index (χ0) is 21.8. The SMILES string of the molecule is CCCCC(=O)N1CCc2c([nH]c3ccccc23)[C@@]12C(=O)N(C(C)C)c1ccccc12. The van der Waals surface area contributed by atoms with Crippen LogP contribution in [0.4, 0.5) is 5.69 Å². The van der Waals surface area contributed by atoms with E-state index in [1.165, 1.54) is 0 Å². The molecule has 0 aliphatic carbocycles. The molecule has 2 aromatic carbocycles. The lowest BCUT2D eigenvalue weighted by molar-refractivity contribution is -0.145. The van der Waals surface area contributed by atoms with Gasteiger partial charge in [-0.15, -0.1) is 0 Å². The Hall–Kier alpha value is -3.08. The Morgan fingerprint density at radius 3 is 2.65 bits per heavy atom. The van der Waals surface area contributed by atoms with Gasteiger partial charge in [0.1, 0.15) is 0 Å². The summed E-state index contributed by atoms with van der Waals surface area (Å²) in [7, 11) is 0. The second kappa shape index (κ2) is 7.26. The predicted octanol–water partition coefficient (Wildman–Crippen LogP) is 4.74. The third-order valence-corrected chi connectivity index (χ3v) is 6.81. The van der Waals surface area contributed by atoms with E-state index in [2.05, 4.69) is 24.0 Å². The van der Waals surface area contributed by atoms with E-state index in [4.69, 9.17) is 0 Å². The summed E-state index contributed by atoms with van der Waals surface area (Å²) in [5.41, 5.74) is 3.73. The number of hydrogen-bond acceptors (Lipinski definition) is 2. The number of amides is 2. The monoisotopic (exact) mass is 415 g/mol. The lowest BCUT2D eigenvalue weighted by Gasteiger charge is -2.44. The summed E-state index contributed by atoms with van der Waals surface area (Å²) in [5.74, 6) is 0.0287. The van der Waals surface area contributed by atoms with Crippen LogP contribution in [0.3, 0.4) is 0 Å². The first-order valence-corrected chi connectivity index (χ1v) is 11.4. The summed E-state index contributed by atoms with van der Waals surface area (Å²) in [5, 5.41) is 1.14. The van der Waals surface area contributed by atoms with Crippen molar-refractivity contribution in [3.05, 3.63) is 65.4 Å². The number of aromatic amines is 1. The first-order valence-electron chi connectivity index (χ1n) is 11.4. The Bertz CT molecular complexity index is 1180. The highest BCUT2D eigenvalue weighted by Crippen LogP contribution is 2.52. The van der Waals surface area contributed by atoms with Crippen molar-refractivity contribution in [2.45, 2.75) is 58.0 Å². The first kappa shape index (κ1) is 19.9. The van der Waals surface area contributed by atoms with E-state index in [0.29, 0.717) is 13.0 Å². The number of H-pyrrole nitrogens is 1. The van der Waals surface area contributed by atoms with Crippen LogP contribution in [-0.2, 0) is 21.5 Å². The summed E-state index contributed by atoms with van der Waals surface area (Å²) < 4.78 is 0. The highest BCUT2D eigenvalue weighted by atomic mass is 16.2. The number of rotatable bonds is 4. The third-order valence-electron chi connectivity index (χ3n) is 6.81. The summed E-state index contributed by atoms with van der Waals surface area (Å²) in [6, 6.07) is 16.2. The van der Waals surface area contributed by atoms with Crippen LogP contribution in [-0.4, -0.2) is 34.3 Å². The average Bonchev–Trinajstić information content (AvgIpc) is 3.27. The van der Waals surface area contributed by atoms with Crippen molar-refractivity contribution in [1.82, 2.24) is 9.88 Å². The summed E-state index contributed by atoms with van der Waals surface area (Å²) in [6.07, 6.45) is 2.99. The Balaban J connectivity index is 1.82. The van der Waals surface area contributed by atoms with Crippen LogP contribution in [0.5, 0.6) is 0 Å². The van der Waals surface area contributed by atoms with Crippen LogP contribution in [0, 0.1) is 0 Å². The summed E-state index contributed by atoms with van der Waals surface area (Å²) in [4.78, 5) is 35.2. The molecule has 31 heavy (non-hydrogen) atoms. The minimum absolute atomic E-state index is 0.00428. The van der Waals surface area contributed by atoms with Gasteiger partial charge in [-0.3, -0.25) is 9.59 Å². The number of nitrogens with one attached hydrogen (secondary N) is 1. The third kappa shape index (κ3) is 2.62. The normalized spacial score (nSPS) is 20.1. The Kier molecular flexibility index (Phi) is 4.65. The van der Waals surface area contributed by atoms with Gasteiger partial charge in [-0.25, -0.2) is 0 Å². The van der Waals surface area contributed by atoms with Gasteiger partial charge in [0.15, 0.2) is 5.54 Å². The van der Waals surface area contributed by atoms with Crippen molar-refractivity contribution in [1.29, 1.82) is 0 Å². The van der Waals surface area contributed by atoms with E-state index in [9.17, 15) is 9.59 Å². The zero-order valence-corrected chi connectivity index (χ0v) is 18.4. The minimum Gasteiger partial charge on any atom is -0.355 e. The Morgan fingerprint density at radius 1 is 1.13 bits per heavy atom. The molecule has 0 fully saturated rings. The largest absolute Gasteiger partial charge is 0.355 e. The number of unbranched alkanes of at least 4 members (excludes halogenated alkanes) is 1. The molecule has 3 aromatic rings. The van der Waals surface area contributed by atoms with Gasteiger partial charge in [0.2, 0.25) is 5.91 Å². The molecule has 5 rings (SSSR count). The fourth-order valence-electron chi connectivity index (χ4n) is 5.47. The number of carbonyl (C=O) groups excluding carboxylic acids is 2. The van der Waals surface area contributed by atoms with Gasteiger partial charge in [0.05, 0.1) is 11.4 Å². The highest BCUT2D eigenvalue weighted by Gasteiger charge is 2.60. The van der Waals surface area contributed by atoms with Crippen molar-refractivity contribution in [2.24, 2.45) is 0 Å². The molecule has 2 amide bonds. The number of nitrogens with zero attached hydrogens (tertiary/aromatic N) is 2. The Labute approximate surface area is 183 Å². The molecule has 2 aliphatic heterocycles. The Morgan fingerprint density at radius 2 is 1.87 bits per heavy atom. The molecule has 5 heteroatoms. The lowest BCUT2D eigenvalue weighted by atomic mass is 9.79. The van der Waals surface area contributed by atoms with E-state index >= 15 is 0 Å². The quantitative estimate of drug-likeness (QED) is 0.669. The molecule has 5 nitrogen and oxygen atoms in total. The molecular formula is C26H29N3O2. The lowest BCUT2D eigenvalue weighted by Crippen LogP contribution is -2.59. The van der Waals surface area contributed by atoms with E-state index in [0.717, 1.165) is 52.7 Å². The van der Waals surface area contributed by atoms with Gasteiger partial charge in [-0.05, 0) is 44.4 Å². The number of para-hydroxylation sites is 2. The molecule has 0 unspecified atom stereocenters. The molecule has 0 saturated heterocycles. The van der Waals surface area contributed by atoms with Crippen LogP contribution in [0.2, 0.25) is 0 Å². The molecule has 3 heterocycles. The van der Waals surface area contributed by atoms with Gasteiger partial charge >= 0.3 is 0 Å². The van der Waals surface area contributed by atoms with Crippen LogP contribution >= 0.6 is 0 Å². The first-order chi connectivity index (χ1) is 15.0. The molecule has 160 valence electrons. The van der Waals surface area contributed by atoms with Crippen molar-refractivity contribution < 1.29 is 9.59 Å². The van der Waals surface area contributed by atoms with Gasteiger partial charge in [0, 0.05) is 35.5 Å². The molecule has 1 spiro atoms. The maximum absolute atomic E-state index is 14.3. The van der Waals surface area contributed by atoms with Crippen LogP contribution < -0.4 is 4.90 Å². The van der Waals surface area contributed by atoms with E-state index in [1.54, 1.807) is 0 Å². The average molecular weight is 416 g/mol. The maximum Gasteiger partial charge on any atom is 0.264 e. The number of carbonyl (C=O) groups is 2. The molecule has 0 saturated carbocycles. The van der Waals surface area contributed by atoms with Crippen LogP contribution in [0.25, 0.3) is 10.9 Å². The van der Waals surface area contributed by atoms with Crippen molar-refractivity contribution in [3.8, 4) is 0 Å². The molecule has 0 radical (unpaired) electrons. The standard InChI is InChI=1S/C26H29N3O2/c1-4-5-14-23(30)28-16-15-19-18-10-6-8-12-21(18)27-24(19)26(28)20-11-7-9-13-22(20)29(17(2)3)25(26)31/h6-13,17,27H,4-5,14-16H2,1-3H3/t26-/m0/s1. The van der Waals surface area contributed by atoms with Gasteiger partial charge < -0.3 is 14.8 Å². The molecular weight excluding hydrogens is 386 g/mol. The second-order valence-electron chi connectivity index (χ2n) is 8.92. The topological polar surface area (TPSA) is 56.4 Å². The van der Waals surface area contributed by atoms with Crippen LogP contribution in [0.1, 0.15) is 56.9 Å². The van der Waals surface area contributed by atoms with Gasteiger partial charge in [-0.1, -0.05) is 49.7 Å². The number of fused-ring (bicyclic) bond motifs is 6. The molecule has 0 bridgehead atoms. The summed E-state index contributed by atoms with van der Waals surface area (Å²) >= 11 is 0. The highest BCUT2D eigenvalue weighted by molar-refractivity contribution is 6.13. The van der Waals surface area contributed by atoms with Crippen molar-refractivity contribution in [3.63, 3.8) is 0 Å². The van der Waals surface area contributed by atoms with Crippen molar-refractivity contribution in [2.75, 3.05) is 11.4 Å². The van der Waals surface area contributed by atoms with Crippen LogP contribution in [0.15, 0.2) is 48.5 Å². The smallest absolute Gasteiger partial charge is 0.264 e. The number of aromatic nitrogens is 1. The number of anilines is 1. The van der Waals surface area contributed by atoms with Gasteiger partial charge in [0.25, 0.3) is 5.91 Å². The number of hydrogen-bond donors (Lipinski definition) is 1. The predicted molar refractivity (Wildman–Crippen MR) is 123 cm³/mol. The van der Waals surface area contributed by atoms with Gasteiger partial charge in [-0.2, -0.15) is 0 Å². The second-order valence-corrected chi connectivity index (χ2v) is 8.92. The number of benzene rings is 2. The summed E-state index contributed by atoms with van der Waals surface area (Å²) in [6.45, 7) is 6.70. The molecule has 1 aromatic heterocycles. The zero-order valence-electron chi connectivity index (χ0n) is 18.4. The fourth-order valence-corrected chi connectivity index (χ4v) is 5.47. The molecule has 1 N–H and O–H groups in total. The maximum atomic E-state index is 14.3. The molecule has 1 atom stereocenters. The molecule has 2 aliphatic rings. The van der Waals surface area contributed by atoms with E-state index in [-0.39, 0.29) is 17.9 Å². The van der Waals surface area contributed by atoms with E-state index < -0.39 is 5.54 Å². The fraction of sp³-hybridized carbons (Fsp3) is 0.385. The minimum atomic E-state index is -1.13. The van der Waals surface area contributed by atoms with Crippen molar-refractivity contribution >= 4 is 28.4 Å².